The van der Waals surface area contributed by atoms with Gasteiger partial charge in [-0.25, -0.2) is 0 Å². The molecular weight excluding hydrogens is 400 g/mol. The van der Waals surface area contributed by atoms with Gasteiger partial charge in [-0.3, -0.25) is 4.79 Å². The second kappa shape index (κ2) is 7.13. The molecule has 0 unspecified atom stereocenters. The molecule has 4 nitrogen and oxygen atoms in total. The van der Waals surface area contributed by atoms with Gasteiger partial charge in [-0.1, -0.05) is 19.9 Å². The standard InChI is InChI=1S/C15H16Br2N2O2/c1-9(2)15(20)19-11-5-3-4-10(6-11)18-8-12-7-13(16)14(17)21-12/h3-7,9,18H,8H2,1-2H3,(H,19,20). The highest BCUT2D eigenvalue weighted by atomic mass is 79.9. The molecule has 0 atom stereocenters. The number of anilines is 2. The second-order valence-electron chi connectivity index (χ2n) is 4.91. The SMILES string of the molecule is CC(C)C(=O)Nc1cccc(NCc2cc(Br)c(Br)o2)c1. The minimum absolute atomic E-state index is 0.00560. The normalized spacial score (nSPS) is 10.7. The number of carbonyl (C=O) groups excluding carboxylic acids is 1. The molecule has 0 saturated heterocycles. The highest BCUT2D eigenvalue weighted by molar-refractivity contribution is 9.13. The van der Waals surface area contributed by atoms with Gasteiger partial charge in [0.1, 0.15) is 5.76 Å². The van der Waals surface area contributed by atoms with Crippen LogP contribution in [0.4, 0.5) is 11.4 Å². The van der Waals surface area contributed by atoms with E-state index in [9.17, 15) is 4.79 Å². The van der Waals surface area contributed by atoms with Gasteiger partial charge >= 0.3 is 0 Å². The molecule has 1 aromatic heterocycles. The van der Waals surface area contributed by atoms with E-state index in [0.717, 1.165) is 21.6 Å². The van der Waals surface area contributed by atoms with Crippen molar-refractivity contribution >= 4 is 49.1 Å². The number of furan rings is 1. The Morgan fingerprint density at radius 1 is 1.24 bits per heavy atom. The molecule has 0 aliphatic heterocycles. The highest BCUT2D eigenvalue weighted by Crippen LogP contribution is 2.27. The molecule has 21 heavy (non-hydrogen) atoms. The quantitative estimate of drug-likeness (QED) is 0.721. The van der Waals surface area contributed by atoms with Gasteiger partial charge in [-0.05, 0) is 56.1 Å². The first-order valence-electron chi connectivity index (χ1n) is 6.54. The number of nitrogens with one attached hydrogen (secondary N) is 2. The summed E-state index contributed by atoms with van der Waals surface area (Å²) in [5.74, 6) is 0.774. The summed E-state index contributed by atoms with van der Waals surface area (Å²) >= 11 is 6.68. The first-order valence-corrected chi connectivity index (χ1v) is 8.13. The van der Waals surface area contributed by atoms with Gasteiger partial charge in [-0.15, -0.1) is 0 Å². The van der Waals surface area contributed by atoms with Crippen LogP contribution in [0, 0.1) is 5.92 Å². The third kappa shape index (κ3) is 4.61. The summed E-state index contributed by atoms with van der Waals surface area (Å²) in [7, 11) is 0. The Morgan fingerprint density at radius 3 is 2.57 bits per heavy atom. The fourth-order valence-corrected chi connectivity index (χ4v) is 2.32. The Morgan fingerprint density at radius 2 is 1.95 bits per heavy atom. The molecule has 0 aliphatic rings. The van der Waals surface area contributed by atoms with Crippen molar-refractivity contribution < 1.29 is 9.21 Å². The van der Waals surface area contributed by atoms with Gasteiger partial charge in [0, 0.05) is 17.3 Å². The van der Waals surface area contributed by atoms with Crippen LogP contribution in [0.15, 0.2) is 43.9 Å². The maximum absolute atomic E-state index is 11.7. The lowest BCUT2D eigenvalue weighted by Gasteiger charge is -2.10. The molecule has 0 spiro atoms. The largest absolute Gasteiger partial charge is 0.451 e. The third-order valence-electron chi connectivity index (χ3n) is 2.82. The van der Waals surface area contributed by atoms with Gasteiger partial charge in [-0.2, -0.15) is 0 Å². The van der Waals surface area contributed by atoms with Crippen LogP contribution in [0.2, 0.25) is 0 Å². The average Bonchev–Trinajstić information content (AvgIpc) is 2.76. The van der Waals surface area contributed by atoms with E-state index in [2.05, 4.69) is 42.5 Å². The molecule has 0 bridgehead atoms. The number of carbonyl (C=O) groups is 1. The molecule has 1 aromatic carbocycles. The minimum Gasteiger partial charge on any atom is -0.451 e. The van der Waals surface area contributed by atoms with Gasteiger partial charge in [0.2, 0.25) is 5.91 Å². The highest BCUT2D eigenvalue weighted by Gasteiger charge is 2.08. The molecule has 0 radical (unpaired) electrons. The van der Waals surface area contributed by atoms with Crippen LogP contribution in [0.25, 0.3) is 0 Å². The van der Waals surface area contributed by atoms with Crippen LogP contribution in [0.5, 0.6) is 0 Å². The summed E-state index contributed by atoms with van der Waals surface area (Å²) in [4.78, 5) is 11.7. The molecule has 1 heterocycles. The zero-order valence-electron chi connectivity index (χ0n) is 11.7. The van der Waals surface area contributed by atoms with Crippen LogP contribution in [-0.2, 0) is 11.3 Å². The van der Waals surface area contributed by atoms with Crippen molar-refractivity contribution in [1.82, 2.24) is 0 Å². The monoisotopic (exact) mass is 414 g/mol. The van der Waals surface area contributed by atoms with E-state index in [1.165, 1.54) is 0 Å². The van der Waals surface area contributed by atoms with Gasteiger partial charge in [0.15, 0.2) is 4.67 Å². The van der Waals surface area contributed by atoms with E-state index in [-0.39, 0.29) is 11.8 Å². The second-order valence-corrected chi connectivity index (χ2v) is 6.49. The van der Waals surface area contributed by atoms with Crippen LogP contribution < -0.4 is 10.6 Å². The smallest absolute Gasteiger partial charge is 0.226 e. The fourth-order valence-electron chi connectivity index (χ4n) is 1.66. The lowest BCUT2D eigenvalue weighted by molar-refractivity contribution is -0.118. The number of rotatable bonds is 5. The zero-order chi connectivity index (χ0) is 15.4. The molecule has 2 N–H and O–H groups in total. The summed E-state index contributed by atoms with van der Waals surface area (Å²) in [6.45, 7) is 4.29. The molecule has 1 amide bonds. The van der Waals surface area contributed by atoms with Crippen molar-refractivity contribution in [1.29, 1.82) is 0 Å². The predicted octanol–water partition coefficient (Wildman–Crippen LogP) is 5.01. The van der Waals surface area contributed by atoms with E-state index >= 15 is 0 Å². The first-order chi connectivity index (χ1) is 9.95. The van der Waals surface area contributed by atoms with Gasteiger partial charge in [0.05, 0.1) is 11.0 Å². The zero-order valence-corrected chi connectivity index (χ0v) is 14.9. The van der Waals surface area contributed by atoms with E-state index in [0.29, 0.717) is 11.2 Å². The maximum atomic E-state index is 11.7. The van der Waals surface area contributed by atoms with Crippen molar-refractivity contribution in [3.05, 3.63) is 45.2 Å². The van der Waals surface area contributed by atoms with E-state index < -0.39 is 0 Å². The summed E-state index contributed by atoms with van der Waals surface area (Å²) < 4.78 is 7.06. The molecule has 2 rings (SSSR count). The van der Waals surface area contributed by atoms with Crippen LogP contribution in [-0.4, -0.2) is 5.91 Å². The van der Waals surface area contributed by atoms with Crippen LogP contribution >= 0.6 is 31.9 Å². The predicted molar refractivity (Wildman–Crippen MR) is 91.3 cm³/mol. The fraction of sp³-hybridized carbons (Fsp3) is 0.267. The molecule has 6 heteroatoms. The molecule has 0 saturated carbocycles. The number of halogens is 2. The Balaban J connectivity index is 1.99. The van der Waals surface area contributed by atoms with Crippen molar-refractivity contribution in [3.8, 4) is 0 Å². The van der Waals surface area contributed by atoms with Crippen molar-refractivity contribution in [2.45, 2.75) is 20.4 Å². The Kier molecular flexibility index (Phi) is 5.47. The Bertz CT molecular complexity index is 619. The maximum Gasteiger partial charge on any atom is 0.226 e. The Hall–Kier alpha value is -1.27. The lowest BCUT2D eigenvalue weighted by atomic mass is 10.2. The number of hydrogen-bond donors (Lipinski definition) is 2. The lowest BCUT2D eigenvalue weighted by Crippen LogP contribution is -2.17. The van der Waals surface area contributed by atoms with Gasteiger partial charge < -0.3 is 15.1 Å². The molecule has 0 aliphatic carbocycles. The number of amides is 1. The Labute approximate surface area is 140 Å². The minimum atomic E-state index is -0.0422. The first kappa shape index (κ1) is 16.1. The van der Waals surface area contributed by atoms with Crippen molar-refractivity contribution in [2.75, 3.05) is 10.6 Å². The number of hydrogen-bond acceptors (Lipinski definition) is 3. The average molecular weight is 416 g/mol. The van der Waals surface area contributed by atoms with Crippen LogP contribution in [0.1, 0.15) is 19.6 Å². The van der Waals surface area contributed by atoms with E-state index in [4.69, 9.17) is 4.42 Å². The van der Waals surface area contributed by atoms with E-state index in [1.54, 1.807) is 0 Å². The molecular formula is C15H16Br2N2O2. The summed E-state index contributed by atoms with van der Waals surface area (Å²) in [6.07, 6.45) is 0. The number of benzene rings is 1. The summed E-state index contributed by atoms with van der Waals surface area (Å²) in [6, 6.07) is 9.50. The third-order valence-corrected chi connectivity index (χ3v) is 4.53. The molecule has 2 aromatic rings. The van der Waals surface area contributed by atoms with Gasteiger partial charge in [0.25, 0.3) is 0 Å². The summed E-state index contributed by atoms with van der Waals surface area (Å²) in [5, 5.41) is 6.13. The van der Waals surface area contributed by atoms with E-state index in [1.807, 2.05) is 44.2 Å². The summed E-state index contributed by atoms with van der Waals surface area (Å²) in [5.41, 5.74) is 1.70. The van der Waals surface area contributed by atoms with Crippen molar-refractivity contribution in [2.24, 2.45) is 5.92 Å². The molecule has 112 valence electrons. The van der Waals surface area contributed by atoms with Crippen molar-refractivity contribution in [3.63, 3.8) is 0 Å². The van der Waals surface area contributed by atoms with Crippen LogP contribution in [0.3, 0.4) is 0 Å². The topological polar surface area (TPSA) is 54.3 Å². The molecule has 0 fully saturated rings.